The van der Waals surface area contributed by atoms with Gasteiger partial charge in [-0.25, -0.2) is 0 Å². The Kier molecular flexibility index (Phi) is 6.29. The summed E-state index contributed by atoms with van der Waals surface area (Å²) in [6, 6.07) is 15.9. The van der Waals surface area contributed by atoms with Gasteiger partial charge in [-0.2, -0.15) is 0 Å². The summed E-state index contributed by atoms with van der Waals surface area (Å²) in [4.78, 5) is 15.1. The minimum Gasteiger partial charge on any atom is -0.490 e. The van der Waals surface area contributed by atoms with Crippen LogP contribution in [-0.4, -0.2) is 30.0 Å². The number of hydrogen-bond acceptors (Lipinski definition) is 3. The van der Waals surface area contributed by atoms with Gasteiger partial charge in [-0.05, 0) is 63.0 Å². The number of rotatable bonds is 7. The van der Waals surface area contributed by atoms with Crippen molar-refractivity contribution in [3.8, 4) is 5.75 Å². The first kappa shape index (κ1) is 18.5. The van der Waals surface area contributed by atoms with E-state index in [4.69, 9.17) is 4.74 Å². The Hall–Kier alpha value is -2.33. The molecule has 0 aliphatic carbocycles. The van der Waals surface area contributed by atoms with E-state index in [1.807, 2.05) is 32.0 Å². The lowest BCUT2D eigenvalue weighted by Gasteiger charge is -2.16. The topological polar surface area (TPSA) is 41.6 Å². The highest BCUT2D eigenvalue weighted by molar-refractivity contribution is 5.96. The molecule has 0 radical (unpaired) electrons. The Balaban J connectivity index is 1.61. The molecule has 2 aromatic carbocycles. The molecule has 1 saturated heterocycles. The van der Waals surface area contributed by atoms with Crippen molar-refractivity contribution in [1.82, 2.24) is 10.2 Å². The second kappa shape index (κ2) is 8.86. The Morgan fingerprint density at radius 1 is 1.08 bits per heavy atom. The monoisotopic (exact) mass is 352 g/mol. The van der Waals surface area contributed by atoms with E-state index < -0.39 is 0 Å². The number of carbonyl (C=O) groups is 1. The van der Waals surface area contributed by atoms with Crippen LogP contribution in [0.4, 0.5) is 0 Å². The summed E-state index contributed by atoms with van der Waals surface area (Å²) in [5, 5.41) is 3.02. The number of likely N-dealkylation sites (tertiary alicyclic amines) is 1. The fraction of sp³-hybridized carbons (Fsp3) is 0.409. The Bertz CT molecular complexity index is 736. The molecule has 0 spiro atoms. The van der Waals surface area contributed by atoms with Gasteiger partial charge < -0.3 is 10.1 Å². The van der Waals surface area contributed by atoms with Crippen LogP contribution in [0.2, 0.25) is 0 Å². The summed E-state index contributed by atoms with van der Waals surface area (Å²) >= 11 is 0. The number of carbonyl (C=O) groups excluding carboxylic acids is 1. The number of benzene rings is 2. The van der Waals surface area contributed by atoms with Crippen molar-refractivity contribution < 1.29 is 9.53 Å². The zero-order valence-electron chi connectivity index (χ0n) is 15.7. The molecule has 0 saturated carbocycles. The molecule has 4 nitrogen and oxygen atoms in total. The molecule has 3 rings (SSSR count). The summed E-state index contributed by atoms with van der Waals surface area (Å²) < 4.78 is 5.75. The van der Waals surface area contributed by atoms with Crippen LogP contribution in [0.25, 0.3) is 0 Å². The van der Waals surface area contributed by atoms with Gasteiger partial charge in [-0.15, -0.1) is 0 Å². The van der Waals surface area contributed by atoms with Crippen molar-refractivity contribution >= 4 is 5.91 Å². The number of amides is 1. The zero-order chi connectivity index (χ0) is 18.4. The van der Waals surface area contributed by atoms with E-state index in [0.717, 1.165) is 12.1 Å². The maximum atomic E-state index is 12.6. The lowest BCUT2D eigenvalue weighted by Crippen LogP contribution is -2.24. The quantitative estimate of drug-likeness (QED) is 0.819. The van der Waals surface area contributed by atoms with E-state index in [-0.39, 0.29) is 12.0 Å². The van der Waals surface area contributed by atoms with Crippen LogP contribution in [0.3, 0.4) is 0 Å². The smallest absolute Gasteiger partial charge is 0.255 e. The summed E-state index contributed by atoms with van der Waals surface area (Å²) in [5.41, 5.74) is 3.01. The highest BCUT2D eigenvalue weighted by Crippen LogP contribution is 2.19. The summed E-state index contributed by atoms with van der Waals surface area (Å²) in [7, 11) is 0. The van der Waals surface area contributed by atoms with Crippen LogP contribution < -0.4 is 10.1 Å². The van der Waals surface area contributed by atoms with Gasteiger partial charge in [0, 0.05) is 13.1 Å². The van der Waals surface area contributed by atoms with Gasteiger partial charge in [-0.1, -0.05) is 36.4 Å². The first-order valence-electron chi connectivity index (χ1n) is 9.46. The predicted octanol–water partition coefficient (Wildman–Crippen LogP) is 4.00. The third-order valence-electron chi connectivity index (χ3n) is 4.54. The average molecular weight is 352 g/mol. The van der Waals surface area contributed by atoms with Gasteiger partial charge in [0.1, 0.15) is 5.75 Å². The van der Waals surface area contributed by atoms with Gasteiger partial charge >= 0.3 is 0 Å². The Labute approximate surface area is 156 Å². The maximum Gasteiger partial charge on any atom is 0.255 e. The fourth-order valence-electron chi connectivity index (χ4n) is 3.33. The third-order valence-corrected chi connectivity index (χ3v) is 4.54. The van der Waals surface area contributed by atoms with Gasteiger partial charge in [0.15, 0.2) is 0 Å². The zero-order valence-corrected chi connectivity index (χ0v) is 15.7. The lowest BCUT2D eigenvalue weighted by molar-refractivity contribution is 0.0945. The Morgan fingerprint density at radius 3 is 2.58 bits per heavy atom. The first-order valence-corrected chi connectivity index (χ1v) is 9.46. The second-order valence-corrected chi connectivity index (χ2v) is 7.15. The first-order chi connectivity index (χ1) is 12.6. The number of nitrogens with zero attached hydrogens (tertiary/aromatic N) is 1. The highest BCUT2D eigenvalue weighted by Gasteiger charge is 2.14. The maximum absolute atomic E-state index is 12.6. The number of ether oxygens (including phenoxy) is 1. The summed E-state index contributed by atoms with van der Waals surface area (Å²) in [6.07, 6.45) is 2.63. The van der Waals surface area contributed by atoms with Gasteiger partial charge in [0.05, 0.1) is 11.7 Å². The summed E-state index contributed by atoms with van der Waals surface area (Å²) in [6.45, 7) is 7.80. The number of hydrogen-bond donors (Lipinski definition) is 1. The van der Waals surface area contributed by atoms with E-state index in [9.17, 15) is 4.79 Å². The second-order valence-electron chi connectivity index (χ2n) is 7.15. The van der Waals surface area contributed by atoms with Crippen LogP contribution in [-0.2, 0) is 13.1 Å². The standard InChI is InChI=1S/C22H28N2O2/c1-17(2)26-21-11-4-3-10-20(21)22(25)23-15-18-8-7-9-19(14-18)16-24-12-5-6-13-24/h3-4,7-11,14,17H,5-6,12-13,15-16H2,1-2H3,(H,23,25). The van der Waals surface area contributed by atoms with Gasteiger partial charge in [-0.3, -0.25) is 9.69 Å². The molecule has 26 heavy (non-hydrogen) atoms. The molecule has 2 aromatic rings. The third kappa shape index (κ3) is 5.09. The molecule has 1 aliphatic heterocycles. The molecule has 1 fully saturated rings. The fourth-order valence-corrected chi connectivity index (χ4v) is 3.33. The van der Waals surface area contributed by atoms with Gasteiger partial charge in [0.2, 0.25) is 0 Å². The van der Waals surface area contributed by atoms with E-state index >= 15 is 0 Å². The van der Waals surface area contributed by atoms with E-state index in [1.165, 1.54) is 31.5 Å². The molecule has 4 heteroatoms. The minimum absolute atomic E-state index is 0.0335. The minimum atomic E-state index is -0.105. The molecule has 0 bridgehead atoms. The molecule has 0 atom stereocenters. The molecule has 1 N–H and O–H groups in total. The van der Waals surface area contributed by atoms with Crippen molar-refractivity contribution in [1.29, 1.82) is 0 Å². The molecule has 0 aromatic heterocycles. The largest absolute Gasteiger partial charge is 0.490 e. The van der Waals surface area contributed by atoms with Crippen molar-refractivity contribution in [3.05, 3.63) is 65.2 Å². The molecule has 1 heterocycles. The van der Waals surface area contributed by atoms with Crippen molar-refractivity contribution in [2.45, 2.75) is 45.9 Å². The van der Waals surface area contributed by atoms with E-state index in [1.54, 1.807) is 6.07 Å². The summed E-state index contributed by atoms with van der Waals surface area (Å²) in [5.74, 6) is 0.522. The van der Waals surface area contributed by atoms with Crippen LogP contribution >= 0.6 is 0 Å². The normalized spacial score (nSPS) is 14.6. The molecule has 0 unspecified atom stereocenters. The predicted molar refractivity (Wildman–Crippen MR) is 104 cm³/mol. The lowest BCUT2D eigenvalue weighted by atomic mass is 10.1. The van der Waals surface area contributed by atoms with Crippen LogP contribution in [0.1, 0.15) is 48.2 Å². The van der Waals surface area contributed by atoms with Crippen molar-refractivity contribution in [2.75, 3.05) is 13.1 Å². The molecule has 1 amide bonds. The van der Waals surface area contributed by atoms with Crippen molar-refractivity contribution in [3.63, 3.8) is 0 Å². The molecular formula is C22H28N2O2. The molecular weight excluding hydrogens is 324 g/mol. The molecule has 138 valence electrons. The van der Waals surface area contributed by atoms with E-state index in [2.05, 4.69) is 34.5 Å². The van der Waals surface area contributed by atoms with Crippen LogP contribution in [0.15, 0.2) is 48.5 Å². The van der Waals surface area contributed by atoms with Crippen molar-refractivity contribution in [2.24, 2.45) is 0 Å². The average Bonchev–Trinajstić information content (AvgIpc) is 3.13. The molecule has 1 aliphatic rings. The van der Waals surface area contributed by atoms with Crippen LogP contribution in [0.5, 0.6) is 5.75 Å². The Morgan fingerprint density at radius 2 is 1.81 bits per heavy atom. The SMILES string of the molecule is CC(C)Oc1ccccc1C(=O)NCc1cccc(CN2CCCC2)c1. The number of nitrogens with one attached hydrogen (secondary N) is 1. The highest BCUT2D eigenvalue weighted by atomic mass is 16.5. The number of para-hydroxylation sites is 1. The van der Waals surface area contributed by atoms with Gasteiger partial charge in [0.25, 0.3) is 5.91 Å². The van der Waals surface area contributed by atoms with Crippen LogP contribution in [0, 0.1) is 0 Å². The van der Waals surface area contributed by atoms with E-state index in [0.29, 0.717) is 17.9 Å².